The third-order valence-corrected chi connectivity index (χ3v) is 8.30. The summed E-state index contributed by atoms with van der Waals surface area (Å²) in [7, 11) is -3.60. The Morgan fingerprint density at radius 2 is 1.64 bits per heavy atom. The van der Waals surface area contributed by atoms with Crippen molar-refractivity contribution < 1.29 is 22.7 Å². The molecule has 28 heavy (non-hydrogen) atoms. The van der Waals surface area contributed by atoms with E-state index in [1.54, 1.807) is 31.2 Å². The second-order valence-electron chi connectivity index (χ2n) is 7.39. The lowest BCUT2D eigenvalue weighted by atomic mass is 10.1. The predicted octanol–water partition coefficient (Wildman–Crippen LogP) is 1.96. The Balaban J connectivity index is 1.51. The number of nitrogens with zero attached hydrogens (tertiary/aromatic N) is 2. The van der Waals surface area contributed by atoms with Gasteiger partial charge in [0, 0.05) is 32.6 Å². The van der Waals surface area contributed by atoms with Gasteiger partial charge in [-0.25, -0.2) is 8.42 Å². The molecule has 1 aromatic rings. The molecule has 0 aromatic heterocycles. The molecule has 1 aromatic carbocycles. The maximum Gasteiger partial charge on any atom is 0.315 e. The van der Waals surface area contributed by atoms with Crippen LogP contribution >= 0.6 is 23.2 Å². The molecule has 1 aliphatic heterocycles. The molecule has 1 aliphatic carbocycles. The number of benzene rings is 1. The van der Waals surface area contributed by atoms with Gasteiger partial charge in [0.05, 0.1) is 4.90 Å². The van der Waals surface area contributed by atoms with Gasteiger partial charge in [-0.15, -0.1) is 23.2 Å². The van der Waals surface area contributed by atoms with Crippen molar-refractivity contribution >= 4 is 45.1 Å². The number of aryl methyl sites for hydroxylation is 1. The fourth-order valence-electron chi connectivity index (χ4n) is 3.04. The lowest BCUT2D eigenvalue weighted by Crippen LogP contribution is -2.51. The average molecular weight is 449 g/mol. The van der Waals surface area contributed by atoms with Gasteiger partial charge in [-0.3, -0.25) is 9.59 Å². The van der Waals surface area contributed by atoms with Crippen LogP contribution in [0.25, 0.3) is 0 Å². The SMILES string of the molecule is Cc1ccc(S(=O)(=O)N2CCN(C(=O)COC(=O)[C@]3(C)CC3(Cl)Cl)CC2)cc1. The molecule has 0 unspecified atom stereocenters. The number of amides is 1. The number of halogens is 2. The van der Waals surface area contributed by atoms with E-state index in [9.17, 15) is 18.0 Å². The molecule has 3 rings (SSSR count). The highest BCUT2D eigenvalue weighted by Gasteiger charge is 2.69. The van der Waals surface area contributed by atoms with Crippen molar-refractivity contribution in [1.82, 2.24) is 9.21 Å². The third-order valence-electron chi connectivity index (χ3n) is 5.29. The normalized spacial score (nSPS) is 24.6. The number of carbonyl (C=O) groups is 2. The van der Waals surface area contributed by atoms with E-state index in [4.69, 9.17) is 27.9 Å². The van der Waals surface area contributed by atoms with E-state index in [-0.39, 0.29) is 43.4 Å². The van der Waals surface area contributed by atoms with Crippen LogP contribution in [0.2, 0.25) is 0 Å². The van der Waals surface area contributed by atoms with E-state index in [1.165, 1.54) is 9.21 Å². The van der Waals surface area contributed by atoms with Gasteiger partial charge in [0.2, 0.25) is 10.0 Å². The highest BCUT2D eigenvalue weighted by Crippen LogP contribution is 2.64. The first-order chi connectivity index (χ1) is 13.0. The number of carbonyl (C=O) groups excluding carboxylic acids is 2. The van der Waals surface area contributed by atoms with Crippen LogP contribution in [0.4, 0.5) is 0 Å². The maximum absolute atomic E-state index is 12.7. The highest BCUT2D eigenvalue weighted by atomic mass is 35.5. The summed E-state index contributed by atoms with van der Waals surface area (Å²) < 4.78 is 30.7. The average Bonchev–Trinajstić information content (AvgIpc) is 3.19. The van der Waals surface area contributed by atoms with Gasteiger partial charge in [-0.05, 0) is 26.0 Å². The van der Waals surface area contributed by atoms with Crippen molar-refractivity contribution in [2.75, 3.05) is 32.8 Å². The van der Waals surface area contributed by atoms with Gasteiger partial charge >= 0.3 is 5.97 Å². The molecule has 1 saturated carbocycles. The fraction of sp³-hybridized carbons (Fsp3) is 0.556. The number of piperazine rings is 1. The second-order valence-corrected chi connectivity index (χ2v) is 10.8. The summed E-state index contributed by atoms with van der Waals surface area (Å²) in [6.45, 7) is 3.89. The minimum Gasteiger partial charge on any atom is -0.455 e. The van der Waals surface area contributed by atoms with E-state index in [0.29, 0.717) is 0 Å². The lowest BCUT2D eigenvalue weighted by Gasteiger charge is -2.34. The van der Waals surface area contributed by atoms with Crippen molar-refractivity contribution in [1.29, 1.82) is 0 Å². The molecular weight excluding hydrogens is 427 g/mol. The smallest absolute Gasteiger partial charge is 0.315 e. The molecule has 10 heteroatoms. The zero-order chi connectivity index (χ0) is 20.7. The number of hydrogen-bond acceptors (Lipinski definition) is 5. The standard InChI is InChI=1S/C18H22Cl2N2O5S/c1-13-3-5-14(6-4-13)28(25,26)22-9-7-21(8-10-22)15(23)11-27-16(24)17(2)12-18(17,19)20/h3-6H,7-12H2,1-2H3/t17-/m0/s1. The minimum atomic E-state index is -3.60. The molecule has 0 spiro atoms. The molecule has 0 radical (unpaired) electrons. The van der Waals surface area contributed by atoms with Crippen LogP contribution in [0.15, 0.2) is 29.2 Å². The van der Waals surface area contributed by atoms with Crippen molar-refractivity contribution in [3.05, 3.63) is 29.8 Å². The summed E-state index contributed by atoms with van der Waals surface area (Å²) in [5.74, 6) is -0.980. The number of hydrogen-bond donors (Lipinski definition) is 0. The summed E-state index contributed by atoms with van der Waals surface area (Å²) in [4.78, 5) is 26.1. The molecule has 1 saturated heterocycles. The zero-order valence-electron chi connectivity index (χ0n) is 15.7. The molecule has 1 amide bonds. The molecule has 1 atom stereocenters. The number of esters is 1. The molecule has 2 aliphatic rings. The zero-order valence-corrected chi connectivity index (χ0v) is 18.0. The molecule has 2 fully saturated rings. The Labute approximate surface area is 174 Å². The summed E-state index contributed by atoms with van der Waals surface area (Å²) in [6, 6.07) is 6.65. The van der Waals surface area contributed by atoms with Gasteiger partial charge in [0.25, 0.3) is 5.91 Å². The Kier molecular flexibility index (Phi) is 5.71. The van der Waals surface area contributed by atoms with Crippen LogP contribution in [-0.2, 0) is 24.3 Å². The van der Waals surface area contributed by atoms with Gasteiger partial charge in [-0.1, -0.05) is 17.7 Å². The third kappa shape index (κ3) is 4.01. The van der Waals surface area contributed by atoms with E-state index in [2.05, 4.69) is 0 Å². The van der Waals surface area contributed by atoms with E-state index < -0.39 is 32.3 Å². The summed E-state index contributed by atoms with van der Waals surface area (Å²) >= 11 is 11.9. The Morgan fingerprint density at radius 3 is 2.14 bits per heavy atom. The summed E-state index contributed by atoms with van der Waals surface area (Å²) in [5.41, 5.74) is -0.0125. The first-order valence-corrected chi connectivity index (χ1v) is 11.1. The molecular formula is C18H22Cl2N2O5S. The molecule has 0 bridgehead atoms. The predicted molar refractivity (Wildman–Crippen MR) is 105 cm³/mol. The molecule has 154 valence electrons. The van der Waals surface area contributed by atoms with Crippen LogP contribution < -0.4 is 0 Å². The monoisotopic (exact) mass is 448 g/mol. The van der Waals surface area contributed by atoms with Crippen LogP contribution in [0.1, 0.15) is 18.9 Å². The second kappa shape index (κ2) is 7.48. The lowest BCUT2D eigenvalue weighted by molar-refractivity contribution is -0.156. The fourth-order valence-corrected chi connectivity index (χ4v) is 5.15. The number of alkyl halides is 2. The highest BCUT2D eigenvalue weighted by molar-refractivity contribution is 7.89. The van der Waals surface area contributed by atoms with E-state index >= 15 is 0 Å². The van der Waals surface area contributed by atoms with Crippen molar-refractivity contribution in [3.63, 3.8) is 0 Å². The van der Waals surface area contributed by atoms with Gasteiger partial charge in [0.15, 0.2) is 6.61 Å². The minimum absolute atomic E-state index is 0.181. The molecule has 0 N–H and O–H groups in total. The Hall–Kier alpha value is -1.35. The first kappa shape index (κ1) is 21.4. The number of ether oxygens (including phenoxy) is 1. The first-order valence-electron chi connectivity index (χ1n) is 8.87. The maximum atomic E-state index is 12.7. The van der Waals surface area contributed by atoms with E-state index in [1.807, 2.05) is 6.92 Å². The van der Waals surface area contributed by atoms with Crippen molar-refractivity contribution in [2.24, 2.45) is 5.41 Å². The van der Waals surface area contributed by atoms with Crippen molar-refractivity contribution in [3.8, 4) is 0 Å². The Bertz CT molecular complexity index is 880. The Morgan fingerprint density at radius 1 is 1.11 bits per heavy atom. The van der Waals surface area contributed by atoms with Crippen molar-refractivity contribution in [2.45, 2.75) is 29.5 Å². The van der Waals surface area contributed by atoms with Gasteiger partial charge < -0.3 is 9.64 Å². The molecule has 1 heterocycles. The number of sulfonamides is 1. The van der Waals surface area contributed by atoms with Crippen LogP contribution in [-0.4, -0.2) is 66.6 Å². The van der Waals surface area contributed by atoms with Crippen LogP contribution in [0.3, 0.4) is 0 Å². The van der Waals surface area contributed by atoms with E-state index in [0.717, 1.165) is 5.56 Å². The topological polar surface area (TPSA) is 84.0 Å². The van der Waals surface area contributed by atoms with Gasteiger partial charge in [-0.2, -0.15) is 4.31 Å². The van der Waals surface area contributed by atoms with Crippen LogP contribution in [0, 0.1) is 12.3 Å². The van der Waals surface area contributed by atoms with Gasteiger partial charge in [0.1, 0.15) is 9.75 Å². The summed E-state index contributed by atoms with van der Waals surface area (Å²) in [6.07, 6.45) is 0.283. The van der Waals surface area contributed by atoms with Crippen LogP contribution in [0.5, 0.6) is 0 Å². The quantitative estimate of drug-likeness (QED) is 0.507. The molecule has 7 nitrogen and oxygen atoms in total. The largest absolute Gasteiger partial charge is 0.455 e. The summed E-state index contributed by atoms with van der Waals surface area (Å²) in [5, 5.41) is 0. The number of rotatable bonds is 5.